The molecule has 0 aromatic heterocycles. The summed E-state index contributed by atoms with van der Waals surface area (Å²) in [6, 6.07) is 0. The SMILES string of the molecule is O=C([O-])CCCO.O=C([O-])CCCO.[Mg+2]. The Kier molecular flexibility index (Phi) is 21.5. The summed E-state index contributed by atoms with van der Waals surface area (Å²) in [6.07, 6.45) is 0.498. The van der Waals surface area contributed by atoms with Crippen LogP contribution in [0.15, 0.2) is 0 Å². The van der Waals surface area contributed by atoms with Gasteiger partial charge in [-0.3, -0.25) is 0 Å². The van der Waals surface area contributed by atoms with Crippen molar-refractivity contribution >= 4 is 35.0 Å². The molecule has 0 amide bonds. The van der Waals surface area contributed by atoms with Gasteiger partial charge < -0.3 is 30.0 Å². The zero-order valence-corrected chi connectivity index (χ0v) is 9.89. The molecule has 0 aromatic rings. The number of rotatable bonds is 6. The van der Waals surface area contributed by atoms with Crippen LogP contribution in [-0.2, 0) is 9.59 Å². The molecule has 0 rings (SSSR count). The molecule has 0 atom stereocenters. The van der Waals surface area contributed by atoms with E-state index in [1.54, 1.807) is 0 Å². The van der Waals surface area contributed by atoms with Crippen molar-refractivity contribution in [1.29, 1.82) is 0 Å². The summed E-state index contributed by atoms with van der Waals surface area (Å²) in [4.78, 5) is 19.1. The second-order valence-electron chi connectivity index (χ2n) is 2.40. The van der Waals surface area contributed by atoms with E-state index in [4.69, 9.17) is 10.2 Å². The van der Waals surface area contributed by atoms with Gasteiger partial charge in [0.25, 0.3) is 0 Å². The molecule has 0 heterocycles. The van der Waals surface area contributed by atoms with E-state index in [1.165, 1.54) is 0 Å². The summed E-state index contributed by atoms with van der Waals surface area (Å²) >= 11 is 0. The standard InChI is InChI=1S/2C4H8O3.Mg/c2*5-3-1-2-4(6)7;/h2*5H,1-3H2,(H,6,7);/q;;+2/p-2. The Hall–Kier alpha value is -0.374. The summed E-state index contributed by atoms with van der Waals surface area (Å²) in [5, 5.41) is 35.1. The fourth-order valence-corrected chi connectivity index (χ4v) is 0.447. The molecule has 7 heteroatoms. The molecule has 0 saturated carbocycles. The van der Waals surface area contributed by atoms with Crippen LogP contribution in [0.2, 0.25) is 0 Å². The first kappa shape index (κ1) is 20.1. The molecular weight excluding hydrogens is 216 g/mol. The van der Waals surface area contributed by atoms with Gasteiger partial charge in [-0.2, -0.15) is 0 Å². The van der Waals surface area contributed by atoms with Gasteiger partial charge in [0, 0.05) is 25.2 Å². The zero-order valence-electron chi connectivity index (χ0n) is 8.48. The Morgan fingerprint density at radius 2 is 1.13 bits per heavy atom. The van der Waals surface area contributed by atoms with Crippen LogP contribution in [0.3, 0.4) is 0 Å². The topological polar surface area (TPSA) is 121 Å². The number of carbonyl (C=O) groups is 2. The Morgan fingerprint density at radius 1 is 0.867 bits per heavy atom. The van der Waals surface area contributed by atoms with Crippen LogP contribution in [0.25, 0.3) is 0 Å². The summed E-state index contributed by atoms with van der Waals surface area (Å²) in [7, 11) is 0. The van der Waals surface area contributed by atoms with Crippen molar-refractivity contribution in [2.75, 3.05) is 13.2 Å². The van der Waals surface area contributed by atoms with Crippen LogP contribution >= 0.6 is 0 Å². The molecule has 0 aromatic carbocycles. The number of carboxylic acids is 2. The minimum atomic E-state index is -1.10. The molecule has 0 saturated heterocycles. The number of carboxylic acid groups (broad SMARTS) is 2. The van der Waals surface area contributed by atoms with Crippen molar-refractivity contribution in [1.82, 2.24) is 0 Å². The van der Waals surface area contributed by atoms with Gasteiger partial charge in [-0.05, 0) is 25.7 Å². The third kappa shape index (κ3) is 31.7. The zero-order chi connectivity index (χ0) is 11.4. The van der Waals surface area contributed by atoms with Gasteiger partial charge in [-0.15, -0.1) is 0 Å². The number of hydrogen-bond donors (Lipinski definition) is 2. The molecule has 15 heavy (non-hydrogen) atoms. The largest absolute Gasteiger partial charge is 2.00 e. The van der Waals surface area contributed by atoms with Crippen molar-refractivity contribution in [3.05, 3.63) is 0 Å². The van der Waals surface area contributed by atoms with E-state index in [0.29, 0.717) is 12.8 Å². The Bertz CT molecular complexity index is 143. The van der Waals surface area contributed by atoms with Crippen LogP contribution in [0.4, 0.5) is 0 Å². The maximum absolute atomic E-state index is 9.54. The van der Waals surface area contributed by atoms with Crippen molar-refractivity contribution < 1.29 is 30.0 Å². The first-order chi connectivity index (χ1) is 6.54. The van der Waals surface area contributed by atoms with Crippen LogP contribution in [0, 0.1) is 0 Å². The van der Waals surface area contributed by atoms with Crippen LogP contribution in [0.5, 0.6) is 0 Å². The van der Waals surface area contributed by atoms with E-state index in [-0.39, 0.29) is 49.1 Å². The molecule has 0 bridgehead atoms. The fraction of sp³-hybridized carbons (Fsp3) is 0.750. The number of aliphatic hydroxyl groups is 2. The fourth-order valence-electron chi connectivity index (χ4n) is 0.447. The molecule has 84 valence electrons. The van der Waals surface area contributed by atoms with Gasteiger partial charge in [-0.1, -0.05) is 0 Å². The third-order valence-electron chi connectivity index (χ3n) is 1.08. The Balaban J connectivity index is -0.000000180. The molecule has 0 radical (unpaired) electrons. The third-order valence-corrected chi connectivity index (χ3v) is 1.08. The summed E-state index contributed by atoms with van der Waals surface area (Å²) in [6.45, 7) is -0.151. The van der Waals surface area contributed by atoms with Crippen molar-refractivity contribution in [3.8, 4) is 0 Å². The minimum Gasteiger partial charge on any atom is -0.550 e. The van der Waals surface area contributed by atoms with Crippen LogP contribution in [-0.4, -0.2) is 58.4 Å². The molecule has 0 fully saturated rings. The quantitative estimate of drug-likeness (QED) is 0.460. The Labute approximate surface area is 104 Å². The molecule has 6 nitrogen and oxygen atoms in total. The summed E-state index contributed by atoms with van der Waals surface area (Å²) in [5.41, 5.74) is 0. The molecule has 0 aliphatic rings. The maximum Gasteiger partial charge on any atom is 2.00 e. The van der Waals surface area contributed by atoms with Gasteiger partial charge in [0.05, 0.1) is 0 Å². The van der Waals surface area contributed by atoms with Gasteiger partial charge in [0.15, 0.2) is 0 Å². The molecular formula is C8H14MgO6. The predicted octanol–water partition coefficient (Wildman–Crippen LogP) is -3.36. The Morgan fingerprint density at radius 3 is 1.20 bits per heavy atom. The van der Waals surface area contributed by atoms with Gasteiger partial charge in [0.1, 0.15) is 0 Å². The van der Waals surface area contributed by atoms with Crippen LogP contribution in [0.1, 0.15) is 25.7 Å². The summed E-state index contributed by atoms with van der Waals surface area (Å²) in [5.74, 6) is -2.21. The molecule has 0 spiro atoms. The van der Waals surface area contributed by atoms with E-state index in [9.17, 15) is 19.8 Å². The number of hydrogen-bond acceptors (Lipinski definition) is 6. The second-order valence-corrected chi connectivity index (χ2v) is 2.40. The van der Waals surface area contributed by atoms with Crippen LogP contribution < -0.4 is 10.2 Å². The first-order valence-electron chi connectivity index (χ1n) is 4.16. The smallest absolute Gasteiger partial charge is 0.550 e. The molecule has 0 aliphatic carbocycles. The molecule has 0 aliphatic heterocycles. The van der Waals surface area contributed by atoms with E-state index < -0.39 is 11.9 Å². The number of aliphatic hydroxyl groups excluding tert-OH is 2. The van der Waals surface area contributed by atoms with E-state index in [2.05, 4.69) is 0 Å². The monoisotopic (exact) mass is 230 g/mol. The predicted molar refractivity (Wildman–Crippen MR) is 48.4 cm³/mol. The van der Waals surface area contributed by atoms with Gasteiger partial charge >= 0.3 is 23.1 Å². The van der Waals surface area contributed by atoms with E-state index >= 15 is 0 Å². The van der Waals surface area contributed by atoms with Crippen molar-refractivity contribution in [3.63, 3.8) is 0 Å². The van der Waals surface area contributed by atoms with Gasteiger partial charge in [-0.25, -0.2) is 0 Å². The average Bonchev–Trinajstić information content (AvgIpc) is 2.12. The second kappa shape index (κ2) is 16.1. The van der Waals surface area contributed by atoms with Gasteiger partial charge in [0.2, 0.25) is 0 Å². The molecule has 0 unspecified atom stereocenters. The molecule has 2 N–H and O–H groups in total. The van der Waals surface area contributed by atoms with E-state index in [1.807, 2.05) is 0 Å². The number of carbonyl (C=O) groups excluding carboxylic acids is 2. The van der Waals surface area contributed by atoms with E-state index in [0.717, 1.165) is 0 Å². The average molecular weight is 230 g/mol. The summed E-state index contributed by atoms with van der Waals surface area (Å²) < 4.78 is 0. The number of aliphatic carboxylic acids is 2. The van der Waals surface area contributed by atoms with Crippen molar-refractivity contribution in [2.45, 2.75) is 25.7 Å². The minimum absolute atomic E-state index is 0. The van der Waals surface area contributed by atoms with Crippen molar-refractivity contribution in [2.24, 2.45) is 0 Å². The first-order valence-corrected chi connectivity index (χ1v) is 4.16. The maximum atomic E-state index is 9.54. The normalized spacial score (nSPS) is 8.13.